The van der Waals surface area contributed by atoms with E-state index in [2.05, 4.69) is 4.72 Å². The van der Waals surface area contributed by atoms with Gasteiger partial charge in [0.25, 0.3) is 0 Å². The Bertz CT molecular complexity index is 682. The van der Waals surface area contributed by atoms with E-state index >= 15 is 0 Å². The van der Waals surface area contributed by atoms with Gasteiger partial charge in [0.2, 0.25) is 10.0 Å². The quantitative estimate of drug-likeness (QED) is 0.857. The summed E-state index contributed by atoms with van der Waals surface area (Å²) in [5, 5.41) is 8.93. The van der Waals surface area contributed by atoms with E-state index in [1.807, 2.05) is 0 Å². The Balaban J connectivity index is 1.95. The minimum absolute atomic E-state index is 0.0451. The first-order valence-corrected chi connectivity index (χ1v) is 8.04. The largest absolute Gasteiger partial charge is 0.392 e. The SMILES string of the molecule is O=S(=O)(Cc1ccc(F)cc1)NCc1ccc(CO)cc1. The van der Waals surface area contributed by atoms with Gasteiger partial charge >= 0.3 is 0 Å². The molecule has 0 saturated carbocycles. The molecule has 4 nitrogen and oxygen atoms in total. The van der Waals surface area contributed by atoms with Crippen LogP contribution in [-0.2, 0) is 28.9 Å². The molecule has 0 fully saturated rings. The fraction of sp³-hybridized carbons (Fsp3) is 0.200. The third-order valence-corrected chi connectivity index (χ3v) is 4.27. The van der Waals surface area contributed by atoms with Crippen LogP contribution in [0.5, 0.6) is 0 Å². The van der Waals surface area contributed by atoms with Gasteiger partial charge in [-0.25, -0.2) is 17.5 Å². The smallest absolute Gasteiger partial charge is 0.216 e. The average Bonchev–Trinajstić information content (AvgIpc) is 2.48. The average molecular weight is 309 g/mol. The second-order valence-corrected chi connectivity index (χ2v) is 6.49. The second-order valence-electron chi connectivity index (χ2n) is 4.68. The number of aliphatic hydroxyl groups is 1. The lowest BCUT2D eigenvalue weighted by Crippen LogP contribution is -2.24. The number of rotatable bonds is 6. The summed E-state index contributed by atoms with van der Waals surface area (Å²) in [5.74, 6) is -0.588. The summed E-state index contributed by atoms with van der Waals surface area (Å²) < 4.78 is 39.1. The minimum Gasteiger partial charge on any atom is -0.392 e. The van der Waals surface area contributed by atoms with E-state index in [4.69, 9.17) is 5.11 Å². The lowest BCUT2D eigenvalue weighted by Gasteiger charge is -2.07. The van der Waals surface area contributed by atoms with Crippen molar-refractivity contribution in [3.63, 3.8) is 0 Å². The molecule has 0 atom stereocenters. The predicted molar refractivity (Wildman–Crippen MR) is 78.2 cm³/mol. The first kappa shape index (κ1) is 15.6. The van der Waals surface area contributed by atoms with Gasteiger partial charge in [-0.15, -0.1) is 0 Å². The summed E-state index contributed by atoms with van der Waals surface area (Å²) in [6, 6.07) is 12.4. The summed E-state index contributed by atoms with van der Waals surface area (Å²) in [6.07, 6.45) is 0. The molecule has 21 heavy (non-hydrogen) atoms. The third-order valence-electron chi connectivity index (χ3n) is 2.97. The van der Waals surface area contributed by atoms with Crippen LogP contribution in [-0.4, -0.2) is 13.5 Å². The molecule has 0 heterocycles. The van der Waals surface area contributed by atoms with Crippen molar-refractivity contribution in [2.75, 3.05) is 0 Å². The van der Waals surface area contributed by atoms with Crippen molar-refractivity contribution in [3.8, 4) is 0 Å². The second kappa shape index (κ2) is 6.80. The zero-order valence-corrected chi connectivity index (χ0v) is 12.1. The Morgan fingerprint density at radius 2 is 1.43 bits per heavy atom. The van der Waals surface area contributed by atoms with Crippen LogP contribution in [0.25, 0.3) is 0 Å². The lowest BCUT2D eigenvalue weighted by atomic mass is 10.1. The maximum atomic E-state index is 12.8. The molecule has 0 aliphatic rings. The van der Waals surface area contributed by atoms with Crippen LogP contribution in [0.15, 0.2) is 48.5 Å². The van der Waals surface area contributed by atoms with Crippen molar-refractivity contribution < 1.29 is 17.9 Å². The molecule has 0 aliphatic heterocycles. The molecule has 0 radical (unpaired) electrons. The van der Waals surface area contributed by atoms with Gasteiger partial charge in [0.05, 0.1) is 12.4 Å². The molecule has 0 amide bonds. The van der Waals surface area contributed by atoms with E-state index in [0.717, 1.165) is 11.1 Å². The zero-order chi connectivity index (χ0) is 15.3. The lowest BCUT2D eigenvalue weighted by molar-refractivity contribution is 0.282. The molecular formula is C15H16FNO3S. The van der Waals surface area contributed by atoms with Crippen molar-refractivity contribution in [2.24, 2.45) is 0 Å². The number of hydrogen-bond donors (Lipinski definition) is 2. The van der Waals surface area contributed by atoms with Crippen molar-refractivity contribution in [2.45, 2.75) is 18.9 Å². The molecule has 6 heteroatoms. The van der Waals surface area contributed by atoms with Gasteiger partial charge in [0, 0.05) is 6.54 Å². The number of sulfonamides is 1. The molecule has 0 saturated heterocycles. The number of nitrogens with one attached hydrogen (secondary N) is 1. The number of halogens is 1. The van der Waals surface area contributed by atoms with Crippen LogP contribution in [0.3, 0.4) is 0 Å². The van der Waals surface area contributed by atoms with Crippen LogP contribution in [0, 0.1) is 5.82 Å². The molecule has 0 aromatic heterocycles. The summed E-state index contributed by atoms with van der Waals surface area (Å²) >= 11 is 0. The molecular weight excluding hydrogens is 293 g/mol. The van der Waals surface area contributed by atoms with Crippen molar-refractivity contribution in [1.29, 1.82) is 0 Å². The fourth-order valence-electron chi connectivity index (χ4n) is 1.81. The van der Waals surface area contributed by atoms with Crippen LogP contribution >= 0.6 is 0 Å². The Morgan fingerprint density at radius 3 is 2.00 bits per heavy atom. The molecule has 0 bridgehead atoms. The number of benzene rings is 2. The van der Waals surface area contributed by atoms with Crippen LogP contribution in [0.4, 0.5) is 4.39 Å². The number of aliphatic hydroxyl groups excluding tert-OH is 1. The molecule has 2 N–H and O–H groups in total. The summed E-state index contributed by atoms with van der Waals surface area (Å²) in [4.78, 5) is 0. The van der Waals surface area contributed by atoms with Crippen molar-refractivity contribution in [1.82, 2.24) is 4.72 Å². The van der Waals surface area contributed by atoms with Gasteiger partial charge in [-0.1, -0.05) is 36.4 Å². The maximum Gasteiger partial charge on any atom is 0.216 e. The topological polar surface area (TPSA) is 66.4 Å². The highest BCUT2D eigenvalue weighted by Gasteiger charge is 2.11. The van der Waals surface area contributed by atoms with Gasteiger partial charge in [-0.2, -0.15) is 0 Å². The predicted octanol–water partition coefficient (Wildman–Crippen LogP) is 1.94. The van der Waals surface area contributed by atoms with Gasteiger partial charge in [0.15, 0.2) is 0 Å². The minimum atomic E-state index is -3.48. The highest BCUT2D eigenvalue weighted by Crippen LogP contribution is 2.08. The van der Waals surface area contributed by atoms with E-state index in [-0.39, 0.29) is 18.9 Å². The molecule has 0 spiro atoms. The molecule has 0 unspecified atom stereocenters. The molecule has 2 aromatic rings. The van der Waals surface area contributed by atoms with Crippen LogP contribution < -0.4 is 4.72 Å². The van der Waals surface area contributed by atoms with Gasteiger partial charge in [-0.05, 0) is 28.8 Å². The normalized spacial score (nSPS) is 11.5. The molecule has 2 rings (SSSR count). The standard InChI is InChI=1S/C15H16FNO3S/c16-15-7-5-14(6-8-15)11-21(19,20)17-9-12-1-3-13(10-18)4-2-12/h1-8,17-18H,9-11H2. The Kier molecular flexibility index (Phi) is 5.06. The van der Waals surface area contributed by atoms with E-state index in [1.165, 1.54) is 24.3 Å². The maximum absolute atomic E-state index is 12.8. The van der Waals surface area contributed by atoms with E-state index in [9.17, 15) is 12.8 Å². The van der Waals surface area contributed by atoms with Gasteiger partial charge < -0.3 is 5.11 Å². The summed E-state index contributed by atoms with van der Waals surface area (Å²) in [6.45, 7) is 0.131. The number of hydrogen-bond acceptors (Lipinski definition) is 3. The Morgan fingerprint density at radius 1 is 0.905 bits per heavy atom. The highest BCUT2D eigenvalue weighted by atomic mass is 32.2. The first-order chi connectivity index (χ1) is 9.98. The van der Waals surface area contributed by atoms with Crippen LogP contribution in [0.2, 0.25) is 0 Å². The highest BCUT2D eigenvalue weighted by molar-refractivity contribution is 7.88. The molecule has 112 valence electrons. The third kappa shape index (κ3) is 4.93. The zero-order valence-electron chi connectivity index (χ0n) is 11.3. The van der Waals surface area contributed by atoms with E-state index in [1.54, 1.807) is 24.3 Å². The first-order valence-electron chi connectivity index (χ1n) is 6.39. The molecule has 0 aliphatic carbocycles. The Hall–Kier alpha value is -1.76. The van der Waals surface area contributed by atoms with Crippen LogP contribution in [0.1, 0.15) is 16.7 Å². The van der Waals surface area contributed by atoms with Crippen molar-refractivity contribution >= 4 is 10.0 Å². The monoisotopic (exact) mass is 309 g/mol. The summed E-state index contributed by atoms with van der Waals surface area (Å²) in [7, 11) is -3.48. The fourth-order valence-corrected chi connectivity index (χ4v) is 2.93. The summed E-state index contributed by atoms with van der Waals surface area (Å²) in [5.41, 5.74) is 2.10. The van der Waals surface area contributed by atoms with Crippen molar-refractivity contribution in [3.05, 3.63) is 71.0 Å². The van der Waals surface area contributed by atoms with E-state index < -0.39 is 15.8 Å². The molecule has 2 aromatic carbocycles. The Labute approximate surface area is 123 Å². The van der Waals surface area contributed by atoms with Gasteiger partial charge in [-0.3, -0.25) is 0 Å². The van der Waals surface area contributed by atoms with Gasteiger partial charge in [0.1, 0.15) is 5.82 Å². The van der Waals surface area contributed by atoms with E-state index in [0.29, 0.717) is 5.56 Å².